The van der Waals surface area contributed by atoms with E-state index in [1.807, 2.05) is 24.4 Å². The Balaban J connectivity index is 1.42. The predicted octanol–water partition coefficient (Wildman–Crippen LogP) is 2.00. The number of para-hydroxylation sites is 1. The van der Waals surface area contributed by atoms with Gasteiger partial charge in [-0.2, -0.15) is 0 Å². The van der Waals surface area contributed by atoms with Gasteiger partial charge in [0.05, 0.1) is 12.5 Å². The van der Waals surface area contributed by atoms with E-state index in [2.05, 4.69) is 16.4 Å². The van der Waals surface area contributed by atoms with E-state index in [1.54, 1.807) is 0 Å². The van der Waals surface area contributed by atoms with Gasteiger partial charge in [0.25, 0.3) is 0 Å². The van der Waals surface area contributed by atoms with Gasteiger partial charge >= 0.3 is 0 Å². The SMILES string of the molecule is O=C(Cc1c[nH]c2ccccc12)N[C@@H]1C[C@H]2OCC[C@@H]12. The normalized spacial score (nSPS) is 28.1. The lowest BCUT2D eigenvalue weighted by Crippen LogP contribution is -2.53. The van der Waals surface area contributed by atoms with Gasteiger partial charge in [0.1, 0.15) is 0 Å². The monoisotopic (exact) mass is 270 g/mol. The number of aromatic amines is 1. The van der Waals surface area contributed by atoms with Crippen molar-refractivity contribution in [3.63, 3.8) is 0 Å². The highest BCUT2D eigenvalue weighted by atomic mass is 16.5. The third kappa shape index (κ3) is 1.91. The summed E-state index contributed by atoms with van der Waals surface area (Å²) in [5.41, 5.74) is 2.15. The fourth-order valence-electron chi connectivity index (χ4n) is 3.47. The van der Waals surface area contributed by atoms with Crippen LogP contribution in [0, 0.1) is 5.92 Å². The van der Waals surface area contributed by atoms with E-state index in [9.17, 15) is 4.79 Å². The number of fused-ring (bicyclic) bond motifs is 2. The molecule has 2 aromatic rings. The Morgan fingerprint density at radius 2 is 2.30 bits per heavy atom. The van der Waals surface area contributed by atoms with Crippen LogP contribution in [0.5, 0.6) is 0 Å². The number of benzene rings is 1. The highest BCUT2D eigenvalue weighted by molar-refractivity contribution is 5.88. The molecular formula is C16H18N2O2. The van der Waals surface area contributed by atoms with E-state index in [1.165, 1.54) is 0 Å². The Labute approximate surface area is 117 Å². The third-order valence-electron chi connectivity index (χ3n) is 4.64. The van der Waals surface area contributed by atoms with E-state index in [0.29, 0.717) is 24.5 Å². The van der Waals surface area contributed by atoms with Crippen LogP contribution in [0.2, 0.25) is 0 Å². The number of hydrogen-bond donors (Lipinski definition) is 2. The zero-order valence-electron chi connectivity index (χ0n) is 11.3. The van der Waals surface area contributed by atoms with Gasteiger partial charge in [-0.05, 0) is 24.5 Å². The van der Waals surface area contributed by atoms with E-state index in [0.717, 1.165) is 35.9 Å². The van der Waals surface area contributed by atoms with Crippen molar-refractivity contribution >= 4 is 16.8 Å². The van der Waals surface area contributed by atoms with Crippen molar-refractivity contribution in [3.05, 3.63) is 36.0 Å². The molecule has 3 atom stereocenters. The minimum atomic E-state index is 0.116. The maximum atomic E-state index is 12.2. The van der Waals surface area contributed by atoms with Crippen LogP contribution in [0.4, 0.5) is 0 Å². The van der Waals surface area contributed by atoms with E-state index >= 15 is 0 Å². The number of rotatable bonds is 3. The summed E-state index contributed by atoms with van der Waals surface area (Å²) in [7, 11) is 0. The fraction of sp³-hybridized carbons (Fsp3) is 0.438. The molecule has 2 N–H and O–H groups in total. The zero-order chi connectivity index (χ0) is 13.5. The number of H-pyrrole nitrogens is 1. The van der Waals surface area contributed by atoms with E-state index in [-0.39, 0.29) is 5.91 Å². The molecule has 1 saturated heterocycles. The highest BCUT2D eigenvalue weighted by Crippen LogP contribution is 2.38. The lowest BCUT2D eigenvalue weighted by Gasteiger charge is -2.39. The maximum Gasteiger partial charge on any atom is 0.224 e. The first-order chi connectivity index (χ1) is 9.81. The molecule has 4 nitrogen and oxygen atoms in total. The van der Waals surface area contributed by atoms with E-state index < -0.39 is 0 Å². The Morgan fingerprint density at radius 1 is 1.40 bits per heavy atom. The van der Waals surface area contributed by atoms with Crippen LogP contribution in [0.3, 0.4) is 0 Å². The average molecular weight is 270 g/mol. The Morgan fingerprint density at radius 3 is 3.20 bits per heavy atom. The predicted molar refractivity (Wildman–Crippen MR) is 76.4 cm³/mol. The summed E-state index contributed by atoms with van der Waals surface area (Å²) in [4.78, 5) is 15.4. The Hall–Kier alpha value is -1.81. The minimum absolute atomic E-state index is 0.116. The second-order valence-corrected chi connectivity index (χ2v) is 5.81. The summed E-state index contributed by atoms with van der Waals surface area (Å²) < 4.78 is 5.57. The van der Waals surface area contributed by atoms with Crippen molar-refractivity contribution in [3.8, 4) is 0 Å². The Kier molecular flexibility index (Phi) is 2.77. The number of ether oxygens (including phenoxy) is 1. The number of aromatic nitrogens is 1. The standard InChI is InChI=1S/C16H18N2O2/c19-16(18-14-8-15-12(14)5-6-20-15)7-10-9-17-13-4-2-1-3-11(10)13/h1-4,9,12,14-15,17H,5-8H2,(H,18,19)/t12-,14+,15+/m0/s1. The molecule has 2 heterocycles. The lowest BCUT2D eigenvalue weighted by atomic mass is 9.76. The fourth-order valence-corrected chi connectivity index (χ4v) is 3.47. The molecule has 1 aliphatic heterocycles. The van der Waals surface area contributed by atoms with Gasteiger partial charge in [-0.1, -0.05) is 18.2 Å². The molecule has 0 spiro atoms. The van der Waals surface area contributed by atoms with Crippen LogP contribution in [-0.4, -0.2) is 29.6 Å². The molecule has 1 aromatic carbocycles. The van der Waals surface area contributed by atoms with Crippen molar-refractivity contribution in [1.82, 2.24) is 10.3 Å². The minimum Gasteiger partial charge on any atom is -0.378 e. The van der Waals surface area contributed by atoms with Gasteiger partial charge in [0, 0.05) is 35.7 Å². The first-order valence-electron chi connectivity index (χ1n) is 7.27. The summed E-state index contributed by atoms with van der Waals surface area (Å²) in [6, 6.07) is 8.41. The van der Waals surface area contributed by atoms with Gasteiger partial charge in [0.2, 0.25) is 5.91 Å². The molecule has 2 aliphatic rings. The first kappa shape index (κ1) is 12.0. The van der Waals surface area contributed by atoms with Crippen molar-refractivity contribution in [2.45, 2.75) is 31.4 Å². The van der Waals surface area contributed by atoms with Crippen molar-refractivity contribution < 1.29 is 9.53 Å². The van der Waals surface area contributed by atoms with Crippen molar-refractivity contribution in [2.24, 2.45) is 5.92 Å². The van der Waals surface area contributed by atoms with Gasteiger partial charge < -0.3 is 15.0 Å². The number of carbonyl (C=O) groups excluding carboxylic acids is 1. The quantitative estimate of drug-likeness (QED) is 0.896. The molecule has 2 fully saturated rings. The second-order valence-electron chi connectivity index (χ2n) is 5.81. The number of carbonyl (C=O) groups is 1. The van der Waals surface area contributed by atoms with Gasteiger partial charge in [-0.25, -0.2) is 0 Å². The summed E-state index contributed by atoms with van der Waals surface area (Å²) in [5.74, 6) is 0.659. The summed E-state index contributed by atoms with van der Waals surface area (Å²) >= 11 is 0. The number of amides is 1. The molecule has 1 aromatic heterocycles. The van der Waals surface area contributed by atoms with Crippen LogP contribution < -0.4 is 5.32 Å². The number of nitrogens with one attached hydrogen (secondary N) is 2. The molecule has 0 unspecified atom stereocenters. The molecule has 104 valence electrons. The third-order valence-corrected chi connectivity index (χ3v) is 4.64. The zero-order valence-corrected chi connectivity index (χ0v) is 11.3. The van der Waals surface area contributed by atoms with Crippen molar-refractivity contribution in [2.75, 3.05) is 6.61 Å². The molecule has 20 heavy (non-hydrogen) atoms. The molecule has 0 bridgehead atoms. The van der Waals surface area contributed by atoms with Gasteiger partial charge in [-0.15, -0.1) is 0 Å². The first-order valence-corrected chi connectivity index (χ1v) is 7.27. The van der Waals surface area contributed by atoms with Crippen molar-refractivity contribution in [1.29, 1.82) is 0 Å². The lowest BCUT2D eigenvalue weighted by molar-refractivity contribution is -0.123. The van der Waals surface area contributed by atoms with Gasteiger partial charge in [-0.3, -0.25) is 4.79 Å². The highest BCUT2D eigenvalue weighted by Gasteiger charge is 2.45. The molecule has 0 radical (unpaired) electrons. The molecular weight excluding hydrogens is 252 g/mol. The molecule has 1 aliphatic carbocycles. The van der Waals surface area contributed by atoms with Crippen LogP contribution in [-0.2, 0) is 16.0 Å². The smallest absolute Gasteiger partial charge is 0.224 e. The van der Waals surface area contributed by atoms with Crippen LogP contribution in [0.1, 0.15) is 18.4 Å². The second kappa shape index (κ2) is 4.63. The van der Waals surface area contributed by atoms with Crippen LogP contribution >= 0.6 is 0 Å². The summed E-state index contributed by atoms with van der Waals surface area (Å²) in [5, 5.41) is 4.30. The maximum absolute atomic E-state index is 12.2. The Bertz CT molecular complexity index is 649. The number of hydrogen-bond acceptors (Lipinski definition) is 2. The molecule has 1 amide bonds. The molecule has 4 heteroatoms. The van der Waals surface area contributed by atoms with Gasteiger partial charge in [0.15, 0.2) is 0 Å². The largest absolute Gasteiger partial charge is 0.378 e. The molecule has 1 saturated carbocycles. The topological polar surface area (TPSA) is 54.1 Å². The van der Waals surface area contributed by atoms with E-state index in [4.69, 9.17) is 4.74 Å². The summed E-state index contributed by atoms with van der Waals surface area (Å²) in [6.45, 7) is 0.851. The summed E-state index contributed by atoms with van der Waals surface area (Å²) in [6.07, 6.45) is 4.84. The average Bonchev–Trinajstić information content (AvgIpc) is 3.01. The molecule has 4 rings (SSSR count). The van der Waals surface area contributed by atoms with Crippen LogP contribution in [0.25, 0.3) is 10.9 Å². The van der Waals surface area contributed by atoms with Crippen LogP contribution in [0.15, 0.2) is 30.5 Å².